The summed E-state index contributed by atoms with van der Waals surface area (Å²) in [4.78, 5) is 17.2. The van der Waals surface area contributed by atoms with Gasteiger partial charge in [-0.2, -0.15) is 0 Å². The number of aryl methyl sites for hydroxylation is 1. The summed E-state index contributed by atoms with van der Waals surface area (Å²) in [5, 5.41) is 0. The van der Waals surface area contributed by atoms with E-state index < -0.39 is 0 Å². The third-order valence-corrected chi connectivity index (χ3v) is 6.06. The van der Waals surface area contributed by atoms with Crippen LogP contribution in [0.4, 0.5) is 0 Å². The maximum Gasteiger partial charge on any atom is 0.164 e. The van der Waals surface area contributed by atoms with Crippen molar-refractivity contribution in [2.45, 2.75) is 52.1 Å². The largest absolute Gasteiger partial charge is 0.367 e. The highest BCUT2D eigenvalue weighted by molar-refractivity contribution is 5.86. The van der Waals surface area contributed by atoms with E-state index in [4.69, 9.17) is 4.74 Å². The molecule has 4 aliphatic carbocycles. The Balaban J connectivity index is 1.36. The Hall–Kier alpha value is -1.22. The fraction of sp³-hybridized carbons (Fsp3) is 0.684. The molecular weight excluding hydrogens is 274 g/mol. The van der Waals surface area contributed by atoms with Crippen LogP contribution >= 0.6 is 0 Å². The molecule has 1 aromatic heterocycles. The van der Waals surface area contributed by atoms with E-state index in [1.165, 1.54) is 19.3 Å². The van der Waals surface area contributed by atoms with Gasteiger partial charge in [0.05, 0.1) is 12.3 Å². The molecule has 3 heteroatoms. The minimum atomic E-state index is -0.0330. The van der Waals surface area contributed by atoms with E-state index in [0.29, 0.717) is 12.4 Å². The van der Waals surface area contributed by atoms with E-state index in [0.717, 1.165) is 48.4 Å². The Labute approximate surface area is 132 Å². The second-order valence-electron chi connectivity index (χ2n) is 7.88. The average molecular weight is 299 g/mol. The molecule has 0 spiro atoms. The van der Waals surface area contributed by atoms with Crippen LogP contribution in [0.2, 0.25) is 0 Å². The number of ether oxygens (including phenoxy) is 1. The summed E-state index contributed by atoms with van der Waals surface area (Å²) in [7, 11) is 0. The molecule has 5 rings (SSSR count). The van der Waals surface area contributed by atoms with Crippen LogP contribution < -0.4 is 0 Å². The smallest absolute Gasteiger partial charge is 0.164 e. The fourth-order valence-corrected chi connectivity index (χ4v) is 5.53. The lowest BCUT2D eigenvalue weighted by molar-refractivity contribution is -0.149. The molecule has 0 atom stereocenters. The molecule has 118 valence electrons. The first-order chi connectivity index (χ1) is 10.6. The van der Waals surface area contributed by atoms with Crippen LogP contribution in [-0.2, 0) is 16.1 Å². The van der Waals surface area contributed by atoms with Crippen LogP contribution in [0.25, 0.3) is 0 Å². The number of carbonyl (C=O) groups excluding carboxylic acids is 1. The van der Waals surface area contributed by atoms with E-state index in [2.05, 4.69) is 4.98 Å². The summed E-state index contributed by atoms with van der Waals surface area (Å²) in [6.45, 7) is 2.69. The van der Waals surface area contributed by atoms with Gasteiger partial charge in [-0.3, -0.25) is 9.78 Å². The lowest BCUT2D eigenvalue weighted by Crippen LogP contribution is -2.51. The number of Topliss-reactive ketones (excluding diaryl/α,β-unsaturated/α-hetero) is 1. The molecule has 3 nitrogen and oxygen atoms in total. The van der Waals surface area contributed by atoms with Crippen molar-refractivity contribution in [2.24, 2.45) is 23.2 Å². The van der Waals surface area contributed by atoms with Crippen molar-refractivity contribution >= 4 is 5.78 Å². The summed E-state index contributed by atoms with van der Waals surface area (Å²) in [6.07, 6.45) is 7.51. The average Bonchev–Trinajstić information content (AvgIpc) is 2.46. The summed E-state index contributed by atoms with van der Waals surface area (Å²) in [5.41, 5.74) is 1.88. The molecule has 0 unspecified atom stereocenters. The van der Waals surface area contributed by atoms with Crippen LogP contribution in [0.15, 0.2) is 18.2 Å². The quantitative estimate of drug-likeness (QED) is 0.832. The van der Waals surface area contributed by atoms with Crippen LogP contribution in [0.1, 0.15) is 49.9 Å². The molecule has 0 aromatic carbocycles. The Morgan fingerprint density at radius 2 is 1.82 bits per heavy atom. The van der Waals surface area contributed by atoms with Gasteiger partial charge in [-0.05, 0) is 75.3 Å². The first kappa shape index (κ1) is 14.4. The zero-order valence-corrected chi connectivity index (χ0v) is 13.4. The number of rotatable bonds is 5. The Morgan fingerprint density at radius 3 is 2.41 bits per heavy atom. The van der Waals surface area contributed by atoms with Crippen LogP contribution in [0.3, 0.4) is 0 Å². The Morgan fingerprint density at radius 1 is 1.18 bits per heavy atom. The third kappa shape index (κ3) is 2.60. The molecule has 0 saturated heterocycles. The van der Waals surface area contributed by atoms with Gasteiger partial charge in [0.25, 0.3) is 0 Å². The SMILES string of the molecule is Cc1cccc(COCC(=O)C23CC4CC(CC(C4)C2)C3)n1. The Bertz CT molecular complexity index is 545. The first-order valence-electron chi connectivity index (χ1n) is 8.66. The van der Waals surface area contributed by atoms with Gasteiger partial charge in [-0.15, -0.1) is 0 Å². The van der Waals surface area contributed by atoms with E-state index in [1.807, 2.05) is 25.1 Å². The van der Waals surface area contributed by atoms with Crippen LogP contribution in [0, 0.1) is 30.1 Å². The summed E-state index contributed by atoms with van der Waals surface area (Å²) in [6, 6.07) is 5.92. The summed E-state index contributed by atoms with van der Waals surface area (Å²) >= 11 is 0. The molecule has 1 heterocycles. The molecule has 1 aromatic rings. The second kappa shape index (κ2) is 5.45. The number of aromatic nitrogens is 1. The summed E-state index contributed by atoms with van der Waals surface area (Å²) < 4.78 is 5.71. The predicted molar refractivity (Wildman–Crippen MR) is 84.2 cm³/mol. The number of carbonyl (C=O) groups is 1. The number of nitrogens with zero attached hydrogens (tertiary/aromatic N) is 1. The van der Waals surface area contributed by atoms with Crippen molar-refractivity contribution in [3.8, 4) is 0 Å². The van der Waals surface area contributed by atoms with Crippen molar-refractivity contribution in [2.75, 3.05) is 6.61 Å². The number of hydrogen-bond donors (Lipinski definition) is 0. The van der Waals surface area contributed by atoms with Crippen molar-refractivity contribution in [3.05, 3.63) is 29.6 Å². The highest BCUT2D eigenvalue weighted by Gasteiger charge is 2.54. The zero-order valence-electron chi connectivity index (χ0n) is 13.4. The van der Waals surface area contributed by atoms with Gasteiger partial charge >= 0.3 is 0 Å². The van der Waals surface area contributed by atoms with Gasteiger partial charge in [0.15, 0.2) is 5.78 Å². The highest BCUT2D eigenvalue weighted by atomic mass is 16.5. The molecule has 4 fully saturated rings. The van der Waals surface area contributed by atoms with Gasteiger partial charge in [-0.1, -0.05) is 6.07 Å². The summed E-state index contributed by atoms with van der Waals surface area (Å²) in [5.74, 6) is 2.80. The zero-order chi connectivity index (χ0) is 15.2. The van der Waals surface area contributed by atoms with Gasteiger partial charge in [0, 0.05) is 11.1 Å². The van der Waals surface area contributed by atoms with Crippen molar-refractivity contribution in [3.63, 3.8) is 0 Å². The van der Waals surface area contributed by atoms with Crippen LogP contribution in [0.5, 0.6) is 0 Å². The number of ketones is 1. The highest BCUT2D eigenvalue weighted by Crippen LogP contribution is 2.60. The normalized spacial score (nSPS) is 35.8. The monoisotopic (exact) mass is 299 g/mol. The number of hydrogen-bond acceptors (Lipinski definition) is 3. The fourth-order valence-electron chi connectivity index (χ4n) is 5.53. The van der Waals surface area contributed by atoms with Gasteiger partial charge in [0.1, 0.15) is 6.61 Å². The molecule has 4 aliphatic rings. The lowest BCUT2D eigenvalue weighted by atomic mass is 9.48. The maximum absolute atomic E-state index is 12.8. The van der Waals surface area contributed by atoms with E-state index in [9.17, 15) is 4.79 Å². The van der Waals surface area contributed by atoms with Gasteiger partial charge in [0.2, 0.25) is 0 Å². The molecule has 0 N–H and O–H groups in total. The Kier molecular flexibility index (Phi) is 3.56. The van der Waals surface area contributed by atoms with E-state index in [1.54, 1.807) is 0 Å². The topological polar surface area (TPSA) is 39.2 Å². The van der Waals surface area contributed by atoms with Crippen molar-refractivity contribution in [1.29, 1.82) is 0 Å². The lowest BCUT2D eigenvalue weighted by Gasteiger charge is -2.55. The molecule has 0 amide bonds. The molecule has 4 saturated carbocycles. The molecule has 0 radical (unpaired) electrons. The maximum atomic E-state index is 12.8. The van der Waals surface area contributed by atoms with Gasteiger partial charge in [-0.25, -0.2) is 0 Å². The van der Waals surface area contributed by atoms with E-state index >= 15 is 0 Å². The first-order valence-corrected chi connectivity index (χ1v) is 8.66. The third-order valence-electron chi connectivity index (χ3n) is 6.06. The van der Waals surface area contributed by atoms with Crippen molar-refractivity contribution in [1.82, 2.24) is 4.98 Å². The molecular formula is C19H25NO2. The molecule has 22 heavy (non-hydrogen) atoms. The van der Waals surface area contributed by atoms with Crippen molar-refractivity contribution < 1.29 is 9.53 Å². The minimum Gasteiger partial charge on any atom is -0.367 e. The standard InChI is InChI=1S/C19H25NO2/c1-13-3-2-4-17(20-13)11-22-12-18(21)19-8-14-5-15(9-19)7-16(6-14)10-19/h2-4,14-16H,5-12H2,1H3. The van der Waals surface area contributed by atoms with Crippen LogP contribution in [-0.4, -0.2) is 17.4 Å². The second-order valence-corrected chi connectivity index (χ2v) is 7.88. The molecule has 0 aliphatic heterocycles. The number of pyridine rings is 1. The van der Waals surface area contributed by atoms with E-state index in [-0.39, 0.29) is 12.0 Å². The predicted octanol–water partition coefficient (Wildman–Crippen LogP) is 3.69. The molecule has 4 bridgehead atoms. The van der Waals surface area contributed by atoms with Gasteiger partial charge < -0.3 is 4.74 Å². The minimum absolute atomic E-state index is 0.0330.